The molecule has 0 saturated heterocycles. The van der Waals surface area contributed by atoms with Gasteiger partial charge in [-0.15, -0.1) is 11.3 Å². The quantitative estimate of drug-likeness (QED) is 0.605. The molecule has 1 amide bonds. The van der Waals surface area contributed by atoms with E-state index in [1.54, 1.807) is 0 Å². The van der Waals surface area contributed by atoms with Gasteiger partial charge in [-0.2, -0.15) is 0 Å². The highest BCUT2D eigenvalue weighted by Gasteiger charge is 2.23. The normalized spacial score (nSPS) is 10.4. The SMILES string of the molecule is CN(Cc1cc(Br)cs1)C(=O)c1cc(F)ccc1[N+](=O)[O-]. The first-order valence-corrected chi connectivity index (χ1v) is 7.48. The van der Waals surface area contributed by atoms with Crippen LogP contribution in [0.1, 0.15) is 15.2 Å². The molecule has 110 valence electrons. The van der Waals surface area contributed by atoms with E-state index in [0.717, 1.165) is 27.5 Å². The number of nitro groups is 1. The summed E-state index contributed by atoms with van der Waals surface area (Å²) in [5, 5.41) is 12.8. The average Bonchev–Trinajstić information content (AvgIpc) is 2.82. The molecule has 0 saturated carbocycles. The van der Waals surface area contributed by atoms with Crippen LogP contribution in [0.2, 0.25) is 0 Å². The number of carbonyl (C=O) groups excluding carboxylic acids is 1. The molecule has 2 rings (SSSR count). The number of thiophene rings is 1. The van der Waals surface area contributed by atoms with Gasteiger partial charge in [0.1, 0.15) is 11.4 Å². The molecule has 0 bridgehead atoms. The van der Waals surface area contributed by atoms with Crippen LogP contribution in [0.15, 0.2) is 34.1 Å². The first kappa shape index (κ1) is 15.6. The Hall–Kier alpha value is -1.80. The van der Waals surface area contributed by atoms with Crippen molar-refractivity contribution in [3.8, 4) is 0 Å². The predicted molar refractivity (Wildman–Crippen MR) is 80.9 cm³/mol. The van der Waals surface area contributed by atoms with Crippen LogP contribution in [-0.4, -0.2) is 22.8 Å². The lowest BCUT2D eigenvalue weighted by molar-refractivity contribution is -0.385. The minimum atomic E-state index is -0.692. The average molecular weight is 373 g/mol. The van der Waals surface area contributed by atoms with Crippen molar-refractivity contribution in [1.82, 2.24) is 4.90 Å². The first-order chi connectivity index (χ1) is 9.88. The molecular weight excluding hydrogens is 363 g/mol. The molecule has 0 aliphatic heterocycles. The van der Waals surface area contributed by atoms with Gasteiger partial charge in [0.15, 0.2) is 0 Å². The van der Waals surface area contributed by atoms with Crippen molar-refractivity contribution in [3.05, 3.63) is 60.5 Å². The number of hydrogen-bond donors (Lipinski definition) is 0. The molecule has 0 aliphatic rings. The van der Waals surface area contributed by atoms with E-state index in [0.29, 0.717) is 6.54 Å². The topological polar surface area (TPSA) is 63.5 Å². The lowest BCUT2D eigenvalue weighted by atomic mass is 10.1. The second kappa shape index (κ2) is 6.31. The maximum absolute atomic E-state index is 13.3. The van der Waals surface area contributed by atoms with Crippen LogP contribution in [0.5, 0.6) is 0 Å². The van der Waals surface area contributed by atoms with E-state index in [9.17, 15) is 19.3 Å². The third-order valence-corrected chi connectivity index (χ3v) is 4.43. The molecule has 1 aromatic heterocycles. The zero-order chi connectivity index (χ0) is 15.6. The number of nitro benzene ring substituents is 1. The van der Waals surface area contributed by atoms with E-state index in [1.165, 1.54) is 23.3 Å². The summed E-state index contributed by atoms with van der Waals surface area (Å²) in [4.78, 5) is 24.8. The van der Waals surface area contributed by atoms with Gasteiger partial charge in [0.05, 0.1) is 11.5 Å². The van der Waals surface area contributed by atoms with Gasteiger partial charge < -0.3 is 4.90 Å². The monoisotopic (exact) mass is 372 g/mol. The minimum Gasteiger partial charge on any atom is -0.336 e. The maximum Gasteiger partial charge on any atom is 0.282 e. The number of amides is 1. The molecule has 5 nitrogen and oxygen atoms in total. The van der Waals surface area contributed by atoms with E-state index >= 15 is 0 Å². The van der Waals surface area contributed by atoms with E-state index in [2.05, 4.69) is 15.9 Å². The van der Waals surface area contributed by atoms with Crippen LogP contribution in [0.3, 0.4) is 0 Å². The van der Waals surface area contributed by atoms with Crippen molar-refractivity contribution in [2.45, 2.75) is 6.54 Å². The van der Waals surface area contributed by atoms with Gasteiger partial charge in [0, 0.05) is 27.8 Å². The summed E-state index contributed by atoms with van der Waals surface area (Å²) in [5.74, 6) is -1.28. The molecule has 1 aromatic carbocycles. The van der Waals surface area contributed by atoms with Crippen molar-refractivity contribution >= 4 is 38.9 Å². The molecule has 0 spiro atoms. The Kier molecular flexibility index (Phi) is 4.69. The van der Waals surface area contributed by atoms with Crippen LogP contribution in [0.4, 0.5) is 10.1 Å². The maximum atomic E-state index is 13.3. The Labute approximate surface area is 132 Å². The molecule has 8 heteroatoms. The second-order valence-electron chi connectivity index (χ2n) is 4.31. The molecule has 21 heavy (non-hydrogen) atoms. The fourth-order valence-corrected chi connectivity index (χ4v) is 3.29. The van der Waals surface area contributed by atoms with Crippen molar-refractivity contribution < 1.29 is 14.1 Å². The zero-order valence-corrected chi connectivity index (χ0v) is 13.3. The molecule has 0 atom stereocenters. The van der Waals surface area contributed by atoms with Gasteiger partial charge >= 0.3 is 0 Å². The summed E-state index contributed by atoms with van der Waals surface area (Å²) in [6.45, 7) is 0.294. The third-order valence-electron chi connectivity index (χ3n) is 2.75. The summed E-state index contributed by atoms with van der Waals surface area (Å²) < 4.78 is 14.2. The summed E-state index contributed by atoms with van der Waals surface area (Å²) in [6.07, 6.45) is 0. The van der Waals surface area contributed by atoms with Crippen molar-refractivity contribution in [3.63, 3.8) is 0 Å². The number of halogens is 2. The molecule has 2 aromatic rings. The minimum absolute atomic E-state index is 0.252. The molecule has 1 heterocycles. The van der Waals surface area contributed by atoms with Crippen molar-refractivity contribution in [2.75, 3.05) is 7.05 Å². The van der Waals surface area contributed by atoms with Gasteiger partial charge in [-0.1, -0.05) is 0 Å². The Bertz CT molecular complexity index is 704. The molecule has 0 radical (unpaired) electrons. The molecule has 0 N–H and O–H groups in total. The smallest absolute Gasteiger partial charge is 0.282 e. The second-order valence-corrected chi connectivity index (χ2v) is 6.22. The third kappa shape index (κ3) is 3.64. The fourth-order valence-electron chi connectivity index (χ4n) is 1.79. The molecule has 0 aliphatic carbocycles. The van der Waals surface area contributed by atoms with Crippen LogP contribution in [0, 0.1) is 15.9 Å². The number of nitrogens with zero attached hydrogens (tertiary/aromatic N) is 2. The Morgan fingerprint density at radius 2 is 2.19 bits per heavy atom. The number of rotatable bonds is 4. The summed E-state index contributed by atoms with van der Waals surface area (Å²) >= 11 is 4.77. The van der Waals surface area contributed by atoms with Crippen LogP contribution in [0.25, 0.3) is 0 Å². The first-order valence-electron chi connectivity index (χ1n) is 5.81. The fraction of sp³-hybridized carbons (Fsp3) is 0.154. The van der Waals surface area contributed by atoms with Gasteiger partial charge in [-0.25, -0.2) is 4.39 Å². The molecule has 0 fully saturated rings. The molecule has 0 unspecified atom stereocenters. The van der Waals surface area contributed by atoms with E-state index in [4.69, 9.17) is 0 Å². The van der Waals surface area contributed by atoms with Gasteiger partial charge in [-0.05, 0) is 34.1 Å². The highest BCUT2D eigenvalue weighted by molar-refractivity contribution is 9.10. The Morgan fingerprint density at radius 1 is 1.48 bits per heavy atom. The van der Waals surface area contributed by atoms with E-state index < -0.39 is 22.3 Å². The lowest BCUT2D eigenvalue weighted by Crippen LogP contribution is -2.26. The summed E-state index contributed by atoms with van der Waals surface area (Å²) in [6, 6.07) is 4.71. The van der Waals surface area contributed by atoms with Crippen molar-refractivity contribution in [1.29, 1.82) is 0 Å². The summed E-state index contributed by atoms with van der Waals surface area (Å²) in [5.41, 5.74) is -0.654. The lowest BCUT2D eigenvalue weighted by Gasteiger charge is -2.16. The van der Waals surface area contributed by atoms with Crippen molar-refractivity contribution in [2.24, 2.45) is 0 Å². The summed E-state index contributed by atoms with van der Waals surface area (Å²) in [7, 11) is 1.52. The molecular formula is C13H10BrFN2O3S. The van der Waals surface area contributed by atoms with Gasteiger partial charge in [0.2, 0.25) is 0 Å². The standard InChI is InChI=1S/C13H10BrFN2O3S/c1-16(6-10-4-8(14)7-21-10)13(18)11-5-9(15)2-3-12(11)17(19)20/h2-5,7H,6H2,1H3. The Morgan fingerprint density at radius 3 is 2.76 bits per heavy atom. The predicted octanol–water partition coefficient (Wildman–Crippen LogP) is 3.83. The van der Waals surface area contributed by atoms with Crippen LogP contribution in [-0.2, 0) is 6.54 Å². The van der Waals surface area contributed by atoms with Gasteiger partial charge in [0.25, 0.3) is 11.6 Å². The van der Waals surface area contributed by atoms with E-state index in [-0.39, 0.29) is 5.56 Å². The van der Waals surface area contributed by atoms with E-state index in [1.807, 2.05) is 11.4 Å². The van der Waals surface area contributed by atoms with Gasteiger partial charge in [-0.3, -0.25) is 14.9 Å². The Balaban J connectivity index is 2.26. The van der Waals surface area contributed by atoms with Crippen LogP contribution >= 0.6 is 27.3 Å². The number of carbonyl (C=O) groups is 1. The zero-order valence-electron chi connectivity index (χ0n) is 10.9. The highest BCUT2D eigenvalue weighted by atomic mass is 79.9. The largest absolute Gasteiger partial charge is 0.336 e. The van der Waals surface area contributed by atoms with Crippen LogP contribution < -0.4 is 0 Å². The highest BCUT2D eigenvalue weighted by Crippen LogP contribution is 2.24. The number of hydrogen-bond acceptors (Lipinski definition) is 4. The number of benzene rings is 1.